The van der Waals surface area contributed by atoms with Gasteiger partial charge in [0.25, 0.3) is 0 Å². The first-order chi connectivity index (χ1) is 5.34. The average Bonchev–Trinajstić information content (AvgIpc) is 2.18. The fourth-order valence-electron chi connectivity index (χ4n) is 1.78. The molecule has 2 heteroatoms. The molecule has 1 saturated heterocycles. The molecule has 0 aromatic carbocycles. The van der Waals surface area contributed by atoms with Gasteiger partial charge in [0.15, 0.2) is 0 Å². The fourth-order valence-corrected chi connectivity index (χ4v) is 1.99. The van der Waals surface area contributed by atoms with Crippen LogP contribution in [0.15, 0.2) is 0 Å². The van der Waals surface area contributed by atoms with E-state index in [1.165, 1.54) is 32.2 Å². The Balaban J connectivity index is 2.32. The molecule has 0 spiro atoms. The van der Waals surface area contributed by atoms with E-state index in [4.69, 9.17) is 11.6 Å². The Kier molecular flexibility index (Phi) is 4.24. The van der Waals surface area contributed by atoms with Gasteiger partial charge in [-0.1, -0.05) is 12.8 Å². The van der Waals surface area contributed by atoms with Crippen molar-refractivity contribution in [1.29, 1.82) is 0 Å². The third kappa shape index (κ3) is 3.00. The SMILES string of the molecule is CC1CCCCCN1CCCl. The van der Waals surface area contributed by atoms with E-state index in [0.717, 1.165) is 18.5 Å². The number of hydrogen-bond donors (Lipinski definition) is 0. The van der Waals surface area contributed by atoms with Crippen molar-refractivity contribution in [3.8, 4) is 0 Å². The van der Waals surface area contributed by atoms with Crippen LogP contribution < -0.4 is 0 Å². The van der Waals surface area contributed by atoms with E-state index in [1.807, 2.05) is 0 Å². The lowest BCUT2D eigenvalue weighted by Gasteiger charge is -2.25. The minimum atomic E-state index is 0.760. The number of nitrogens with zero attached hydrogens (tertiary/aromatic N) is 1. The number of likely N-dealkylation sites (tertiary alicyclic amines) is 1. The maximum absolute atomic E-state index is 5.71. The largest absolute Gasteiger partial charge is 0.299 e. The van der Waals surface area contributed by atoms with Crippen molar-refractivity contribution in [2.75, 3.05) is 19.0 Å². The Morgan fingerprint density at radius 2 is 2.18 bits per heavy atom. The second-order valence-electron chi connectivity index (χ2n) is 3.42. The summed E-state index contributed by atoms with van der Waals surface area (Å²) in [5, 5.41) is 0. The van der Waals surface area contributed by atoms with E-state index in [0.29, 0.717) is 0 Å². The van der Waals surface area contributed by atoms with Gasteiger partial charge >= 0.3 is 0 Å². The molecule has 0 radical (unpaired) electrons. The van der Waals surface area contributed by atoms with Gasteiger partial charge in [0.05, 0.1) is 0 Å². The number of halogens is 1. The van der Waals surface area contributed by atoms with Gasteiger partial charge in [-0.15, -0.1) is 11.6 Å². The summed E-state index contributed by atoms with van der Waals surface area (Å²) >= 11 is 5.71. The van der Waals surface area contributed by atoms with Crippen LogP contribution in [-0.2, 0) is 0 Å². The minimum absolute atomic E-state index is 0.760. The molecule has 66 valence electrons. The van der Waals surface area contributed by atoms with Gasteiger partial charge in [-0.05, 0) is 26.3 Å². The van der Waals surface area contributed by atoms with Crippen LogP contribution in [0.4, 0.5) is 0 Å². The summed E-state index contributed by atoms with van der Waals surface area (Å²) in [7, 11) is 0. The second kappa shape index (κ2) is 5.00. The molecule has 0 aromatic heterocycles. The molecule has 0 amide bonds. The molecular formula is C9H18ClN. The van der Waals surface area contributed by atoms with Crippen molar-refractivity contribution in [2.45, 2.75) is 38.6 Å². The molecule has 0 aliphatic carbocycles. The lowest BCUT2D eigenvalue weighted by molar-refractivity contribution is 0.226. The van der Waals surface area contributed by atoms with Gasteiger partial charge in [0.2, 0.25) is 0 Å². The fraction of sp³-hybridized carbons (Fsp3) is 1.00. The molecule has 1 heterocycles. The lowest BCUT2D eigenvalue weighted by Crippen LogP contribution is -2.34. The molecule has 1 nitrogen and oxygen atoms in total. The molecule has 0 saturated carbocycles. The van der Waals surface area contributed by atoms with Crippen LogP contribution >= 0.6 is 11.6 Å². The van der Waals surface area contributed by atoms with Crippen LogP contribution in [0.3, 0.4) is 0 Å². The first-order valence-corrected chi connectivity index (χ1v) is 5.18. The summed E-state index contributed by atoms with van der Waals surface area (Å²) in [4.78, 5) is 2.51. The summed E-state index contributed by atoms with van der Waals surface area (Å²) in [6.45, 7) is 4.65. The normalized spacial score (nSPS) is 28.4. The van der Waals surface area contributed by atoms with Crippen LogP contribution in [0.1, 0.15) is 32.6 Å². The highest BCUT2D eigenvalue weighted by atomic mass is 35.5. The first-order valence-electron chi connectivity index (χ1n) is 4.64. The molecule has 1 fully saturated rings. The van der Waals surface area contributed by atoms with Gasteiger partial charge < -0.3 is 0 Å². The van der Waals surface area contributed by atoms with Gasteiger partial charge in [0.1, 0.15) is 0 Å². The Labute approximate surface area is 74.7 Å². The van der Waals surface area contributed by atoms with Crippen LogP contribution in [0, 0.1) is 0 Å². The predicted octanol–water partition coefficient (Wildman–Crippen LogP) is 2.49. The zero-order valence-electron chi connectivity index (χ0n) is 7.35. The van der Waals surface area contributed by atoms with Crippen molar-refractivity contribution in [3.63, 3.8) is 0 Å². The summed E-state index contributed by atoms with van der Waals surface area (Å²) in [6.07, 6.45) is 5.53. The molecule has 1 atom stereocenters. The van der Waals surface area contributed by atoms with Crippen LogP contribution in [0.5, 0.6) is 0 Å². The molecule has 1 aliphatic rings. The third-order valence-electron chi connectivity index (χ3n) is 2.56. The van der Waals surface area contributed by atoms with Gasteiger partial charge in [-0.2, -0.15) is 0 Å². The standard InChI is InChI=1S/C9H18ClN/c1-9-5-3-2-4-7-11(9)8-6-10/h9H,2-8H2,1H3. The second-order valence-corrected chi connectivity index (χ2v) is 3.80. The van der Waals surface area contributed by atoms with E-state index < -0.39 is 0 Å². The Hall–Kier alpha value is 0.250. The summed E-state index contributed by atoms with van der Waals surface area (Å²) in [6, 6.07) is 0.760. The Morgan fingerprint density at radius 1 is 1.36 bits per heavy atom. The maximum Gasteiger partial charge on any atom is 0.0351 e. The van der Waals surface area contributed by atoms with Crippen LogP contribution in [-0.4, -0.2) is 29.9 Å². The van der Waals surface area contributed by atoms with Gasteiger partial charge in [-0.25, -0.2) is 0 Å². The highest BCUT2D eigenvalue weighted by Crippen LogP contribution is 2.15. The van der Waals surface area contributed by atoms with Crippen LogP contribution in [0.25, 0.3) is 0 Å². The quantitative estimate of drug-likeness (QED) is 0.583. The predicted molar refractivity (Wildman–Crippen MR) is 50.2 cm³/mol. The average molecular weight is 176 g/mol. The van der Waals surface area contributed by atoms with E-state index in [1.54, 1.807) is 0 Å². The van der Waals surface area contributed by atoms with Crippen molar-refractivity contribution in [3.05, 3.63) is 0 Å². The molecular weight excluding hydrogens is 158 g/mol. The highest BCUT2D eigenvalue weighted by Gasteiger charge is 2.15. The molecule has 0 aromatic rings. The van der Waals surface area contributed by atoms with E-state index >= 15 is 0 Å². The van der Waals surface area contributed by atoms with Crippen molar-refractivity contribution in [1.82, 2.24) is 4.90 Å². The van der Waals surface area contributed by atoms with Crippen molar-refractivity contribution < 1.29 is 0 Å². The Bertz CT molecular complexity index is 106. The van der Waals surface area contributed by atoms with E-state index in [9.17, 15) is 0 Å². The Morgan fingerprint density at radius 3 is 2.91 bits per heavy atom. The topological polar surface area (TPSA) is 3.24 Å². The monoisotopic (exact) mass is 175 g/mol. The van der Waals surface area contributed by atoms with Crippen LogP contribution in [0.2, 0.25) is 0 Å². The molecule has 1 aliphatic heterocycles. The number of alkyl halides is 1. The summed E-state index contributed by atoms with van der Waals surface area (Å²) in [5.74, 6) is 0.782. The van der Waals surface area contributed by atoms with Crippen molar-refractivity contribution >= 4 is 11.6 Å². The highest BCUT2D eigenvalue weighted by molar-refractivity contribution is 6.18. The van der Waals surface area contributed by atoms with Crippen molar-refractivity contribution in [2.24, 2.45) is 0 Å². The zero-order valence-corrected chi connectivity index (χ0v) is 8.11. The zero-order chi connectivity index (χ0) is 8.10. The number of hydrogen-bond acceptors (Lipinski definition) is 1. The molecule has 1 rings (SSSR count). The maximum atomic E-state index is 5.71. The molecule has 0 N–H and O–H groups in total. The van der Waals surface area contributed by atoms with E-state index in [2.05, 4.69) is 11.8 Å². The van der Waals surface area contributed by atoms with E-state index in [-0.39, 0.29) is 0 Å². The van der Waals surface area contributed by atoms with Gasteiger partial charge in [-0.3, -0.25) is 4.90 Å². The molecule has 0 bridgehead atoms. The minimum Gasteiger partial charge on any atom is -0.299 e. The first kappa shape index (κ1) is 9.34. The van der Waals surface area contributed by atoms with Gasteiger partial charge in [0, 0.05) is 18.5 Å². The number of rotatable bonds is 2. The third-order valence-corrected chi connectivity index (χ3v) is 2.73. The molecule has 11 heavy (non-hydrogen) atoms. The smallest absolute Gasteiger partial charge is 0.0351 e. The summed E-state index contributed by atoms with van der Waals surface area (Å²) < 4.78 is 0. The molecule has 1 unspecified atom stereocenters. The lowest BCUT2D eigenvalue weighted by atomic mass is 10.1. The summed E-state index contributed by atoms with van der Waals surface area (Å²) in [5.41, 5.74) is 0.